The molecule has 0 aromatic carbocycles. The Hall–Kier alpha value is -2.54. The zero-order valence-corrected chi connectivity index (χ0v) is 20.8. The third-order valence-electron chi connectivity index (χ3n) is 5.97. The molecule has 1 amide bonds. The topological polar surface area (TPSA) is 149 Å². The molecule has 0 aliphatic carbocycles. The molecular weight excluding hydrogens is 450 g/mol. The van der Waals surface area contributed by atoms with Crippen molar-refractivity contribution in [2.75, 3.05) is 20.3 Å². The monoisotopic (exact) mass is 483 g/mol. The lowest BCUT2D eigenvalue weighted by atomic mass is 10.2. The van der Waals surface area contributed by atoms with Crippen molar-refractivity contribution in [1.29, 1.82) is 0 Å². The van der Waals surface area contributed by atoms with Crippen LogP contribution in [0.25, 0.3) is 6.08 Å². The number of esters is 1. The highest BCUT2D eigenvalue weighted by Gasteiger charge is 2.45. The van der Waals surface area contributed by atoms with Gasteiger partial charge < -0.3 is 24.3 Å². The maximum absolute atomic E-state index is 12.5. The molecule has 3 atom stereocenters. The van der Waals surface area contributed by atoms with Crippen molar-refractivity contribution in [1.82, 2.24) is 14.9 Å². The number of nitrogens with zero attached hydrogens (tertiary/aromatic N) is 1. The lowest BCUT2D eigenvalue weighted by molar-refractivity contribution is -0.140. The second kappa shape index (κ2) is 10.6. The van der Waals surface area contributed by atoms with E-state index >= 15 is 0 Å². The van der Waals surface area contributed by atoms with Gasteiger partial charge in [-0.2, -0.15) is 0 Å². The van der Waals surface area contributed by atoms with Gasteiger partial charge in [-0.1, -0.05) is 20.8 Å². The number of carbonyl (C=O) groups excluding carboxylic acids is 2. The summed E-state index contributed by atoms with van der Waals surface area (Å²) in [6, 6.07) is 0. The largest absolute Gasteiger partial charge is 0.468 e. The van der Waals surface area contributed by atoms with Crippen LogP contribution < -0.4 is 16.6 Å². The molecule has 3 N–H and O–H groups in total. The van der Waals surface area contributed by atoms with Crippen LogP contribution >= 0.6 is 0 Å². The zero-order chi connectivity index (χ0) is 25.0. The van der Waals surface area contributed by atoms with Crippen LogP contribution in [0.15, 0.2) is 21.9 Å². The van der Waals surface area contributed by atoms with Gasteiger partial charge in [-0.25, -0.2) is 4.79 Å². The molecule has 1 aliphatic rings. The molecule has 0 spiro atoms. The number of rotatable bonds is 8. The molecule has 33 heavy (non-hydrogen) atoms. The average molecular weight is 484 g/mol. The van der Waals surface area contributed by atoms with Crippen LogP contribution in [-0.4, -0.2) is 67.3 Å². The fraction of sp³-hybridized carbons (Fsp3) is 0.619. The quantitative estimate of drug-likeness (QED) is 0.275. The molecule has 0 saturated carbocycles. The first-order chi connectivity index (χ1) is 15.3. The Labute approximate surface area is 192 Å². The highest BCUT2D eigenvalue weighted by Crippen LogP contribution is 2.40. The number of ether oxygens (including phenoxy) is 2. The Morgan fingerprint density at radius 1 is 1.36 bits per heavy atom. The van der Waals surface area contributed by atoms with E-state index in [4.69, 9.17) is 9.16 Å². The lowest BCUT2D eigenvalue weighted by Crippen LogP contribution is -2.46. The minimum absolute atomic E-state index is 0.0423. The van der Waals surface area contributed by atoms with E-state index in [-0.39, 0.29) is 23.8 Å². The molecule has 1 saturated heterocycles. The Balaban J connectivity index is 2.22. The molecule has 0 bridgehead atoms. The van der Waals surface area contributed by atoms with Gasteiger partial charge in [0.15, 0.2) is 8.32 Å². The molecule has 3 unspecified atom stereocenters. The van der Waals surface area contributed by atoms with E-state index in [9.17, 15) is 24.3 Å². The van der Waals surface area contributed by atoms with Crippen LogP contribution in [0.1, 0.15) is 39.0 Å². The van der Waals surface area contributed by atoms with Crippen molar-refractivity contribution < 1.29 is 28.6 Å². The number of hydrogen-bond donors (Lipinski definition) is 3. The Morgan fingerprint density at radius 3 is 2.61 bits per heavy atom. The number of aliphatic hydroxyl groups is 1. The molecular formula is C21H33N3O8Si. The number of nitrogens with one attached hydrogen (secondary N) is 2. The highest BCUT2D eigenvalue weighted by atomic mass is 28.4. The summed E-state index contributed by atoms with van der Waals surface area (Å²) in [5.41, 5.74) is -1.32. The summed E-state index contributed by atoms with van der Waals surface area (Å²) >= 11 is 0. The zero-order valence-electron chi connectivity index (χ0n) is 19.8. The van der Waals surface area contributed by atoms with Crippen molar-refractivity contribution in [3.8, 4) is 0 Å². The summed E-state index contributed by atoms with van der Waals surface area (Å²) in [5, 5.41) is 12.1. The van der Waals surface area contributed by atoms with E-state index in [1.165, 1.54) is 23.9 Å². The lowest BCUT2D eigenvalue weighted by Gasteiger charge is -2.39. The maximum Gasteiger partial charge on any atom is 0.330 e. The molecule has 1 aromatic heterocycles. The smallest absolute Gasteiger partial charge is 0.330 e. The summed E-state index contributed by atoms with van der Waals surface area (Å²) in [4.78, 5) is 49.8. The Bertz CT molecular complexity index is 1010. The average Bonchev–Trinajstić information content (AvgIpc) is 3.12. The van der Waals surface area contributed by atoms with Crippen molar-refractivity contribution >= 4 is 26.3 Å². The van der Waals surface area contributed by atoms with Crippen molar-refractivity contribution in [2.45, 2.75) is 63.8 Å². The van der Waals surface area contributed by atoms with Gasteiger partial charge in [0.1, 0.15) is 18.9 Å². The minimum Gasteiger partial charge on any atom is -0.468 e. The summed E-state index contributed by atoms with van der Waals surface area (Å²) in [7, 11) is -0.965. The molecule has 2 rings (SSSR count). The van der Waals surface area contributed by atoms with E-state index in [1.54, 1.807) is 0 Å². The van der Waals surface area contributed by atoms with Crippen LogP contribution in [0.2, 0.25) is 18.1 Å². The van der Waals surface area contributed by atoms with Crippen LogP contribution in [0.3, 0.4) is 0 Å². The summed E-state index contributed by atoms with van der Waals surface area (Å²) < 4.78 is 17.9. The second-order valence-electron chi connectivity index (χ2n) is 9.34. The molecule has 1 fully saturated rings. The number of H-pyrrole nitrogens is 1. The van der Waals surface area contributed by atoms with Crippen molar-refractivity contribution in [3.63, 3.8) is 0 Å². The van der Waals surface area contributed by atoms with Gasteiger partial charge in [-0.15, -0.1) is 0 Å². The van der Waals surface area contributed by atoms with Gasteiger partial charge in [-0.3, -0.25) is 23.9 Å². The van der Waals surface area contributed by atoms with Crippen LogP contribution in [0.4, 0.5) is 0 Å². The minimum atomic E-state index is -2.16. The van der Waals surface area contributed by atoms with Crippen LogP contribution in [0, 0.1) is 0 Å². The predicted octanol–water partition coefficient (Wildman–Crippen LogP) is 0.509. The van der Waals surface area contributed by atoms with Crippen molar-refractivity contribution in [2.24, 2.45) is 0 Å². The number of aromatic amines is 1. The van der Waals surface area contributed by atoms with E-state index in [2.05, 4.69) is 48.9 Å². The first kappa shape index (κ1) is 26.7. The summed E-state index contributed by atoms with van der Waals surface area (Å²) in [5.74, 6) is -1.23. The summed E-state index contributed by atoms with van der Waals surface area (Å²) in [6.07, 6.45) is 2.10. The normalized spacial score (nSPS) is 21.4. The molecule has 11 nitrogen and oxygen atoms in total. The number of aromatic nitrogens is 2. The number of aliphatic hydroxyl groups excluding tert-OH is 1. The van der Waals surface area contributed by atoms with Gasteiger partial charge in [-0.05, 0) is 24.2 Å². The van der Waals surface area contributed by atoms with Gasteiger partial charge in [0, 0.05) is 18.7 Å². The number of amides is 1. The standard InChI is InChI=1S/C21H33N3O8Si/c1-21(2,3)33(5,6)32-14-9-17(31-15(14)12-25)24-11-13(19(28)23-20(24)29)7-8-16(26)22-10-18(27)30-4/h7-8,11,14-15,17,25H,9-10,12H2,1-6H3,(H,22,26)(H,23,28,29). The first-order valence-electron chi connectivity index (χ1n) is 10.6. The highest BCUT2D eigenvalue weighted by molar-refractivity contribution is 6.74. The van der Waals surface area contributed by atoms with Gasteiger partial charge in [0.05, 0.1) is 25.4 Å². The van der Waals surface area contributed by atoms with Gasteiger partial charge in [0.25, 0.3) is 5.56 Å². The van der Waals surface area contributed by atoms with Crippen molar-refractivity contribution in [3.05, 3.63) is 38.7 Å². The third-order valence-corrected chi connectivity index (χ3v) is 10.5. The van der Waals surface area contributed by atoms with Gasteiger partial charge >= 0.3 is 11.7 Å². The Kier molecular flexibility index (Phi) is 8.57. The maximum atomic E-state index is 12.5. The molecule has 184 valence electrons. The number of carbonyl (C=O) groups is 2. The fourth-order valence-corrected chi connectivity index (χ4v) is 4.36. The van der Waals surface area contributed by atoms with E-state index < -0.39 is 49.9 Å². The third kappa shape index (κ3) is 6.73. The Morgan fingerprint density at radius 2 is 2.03 bits per heavy atom. The number of hydrogen-bond acceptors (Lipinski definition) is 8. The molecule has 1 aromatic rings. The van der Waals surface area contributed by atoms with E-state index in [1.807, 2.05) is 0 Å². The second-order valence-corrected chi connectivity index (χ2v) is 14.1. The molecule has 12 heteroatoms. The summed E-state index contributed by atoms with van der Waals surface area (Å²) in [6.45, 7) is 9.90. The SMILES string of the molecule is COC(=O)CNC(=O)C=Cc1cn(C2CC(O[Si](C)(C)C(C)(C)C)C(CO)O2)c(=O)[nH]c1=O. The fourth-order valence-electron chi connectivity index (χ4n) is 3.00. The predicted molar refractivity (Wildman–Crippen MR) is 123 cm³/mol. The van der Waals surface area contributed by atoms with Crippen LogP contribution in [0.5, 0.6) is 0 Å². The van der Waals surface area contributed by atoms with E-state index in [0.717, 1.165) is 6.08 Å². The molecule has 1 aliphatic heterocycles. The first-order valence-corrected chi connectivity index (χ1v) is 13.5. The van der Waals surface area contributed by atoms with E-state index in [0.29, 0.717) is 6.42 Å². The molecule has 2 heterocycles. The number of methoxy groups -OCH3 is 1. The molecule has 0 radical (unpaired) electrons. The van der Waals surface area contributed by atoms with Gasteiger partial charge in [0.2, 0.25) is 5.91 Å². The van der Waals surface area contributed by atoms with Crippen LogP contribution in [-0.2, 0) is 23.5 Å².